The first-order valence-corrected chi connectivity index (χ1v) is 9.46. The number of likely N-dealkylation sites (tertiary alicyclic amines) is 1. The second-order valence-electron chi connectivity index (χ2n) is 6.53. The van der Waals surface area contributed by atoms with Crippen LogP contribution in [0.1, 0.15) is 50.8 Å². The van der Waals surface area contributed by atoms with Crippen molar-refractivity contribution in [2.45, 2.75) is 46.2 Å². The Hall–Kier alpha value is -1.72. The number of piperidine rings is 1. The van der Waals surface area contributed by atoms with Gasteiger partial charge in [0, 0.05) is 6.54 Å². The molecule has 1 fully saturated rings. The van der Waals surface area contributed by atoms with Crippen LogP contribution in [0.15, 0.2) is 24.3 Å². The fourth-order valence-electron chi connectivity index (χ4n) is 3.12. The van der Waals surface area contributed by atoms with E-state index in [1.165, 1.54) is 36.2 Å². The van der Waals surface area contributed by atoms with Gasteiger partial charge in [-0.25, -0.2) is 4.98 Å². The summed E-state index contributed by atoms with van der Waals surface area (Å²) in [5, 5.41) is 4.07. The van der Waals surface area contributed by atoms with Gasteiger partial charge in [-0.3, -0.25) is 9.69 Å². The molecule has 0 radical (unpaired) electrons. The molecule has 1 amide bonds. The SMILES string of the molecule is Cc1cccc(CNC(=O)c2sc(CN3CCCCC3)nc2C)c1. The molecule has 5 heteroatoms. The molecular weight excluding hydrogens is 318 g/mol. The number of thiazole rings is 1. The number of nitrogens with zero attached hydrogens (tertiary/aromatic N) is 2. The van der Waals surface area contributed by atoms with Gasteiger partial charge in [0.1, 0.15) is 9.88 Å². The zero-order chi connectivity index (χ0) is 16.9. The molecule has 0 unspecified atom stereocenters. The number of carbonyl (C=O) groups is 1. The number of aromatic nitrogens is 1. The predicted octanol–water partition coefficient (Wildman–Crippen LogP) is 3.68. The molecule has 1 aliphatic heterocycles. The van der Waals surface area contributed by atoms with Gasteiger partial charge in [-0.1, -0.05) is 36.2 Å². The molecular formula is C19H25N3OS. The Morgan fingerprint density at radius 3 is 2.79 bits per heavy atom. The largest absolute Gasteiger partial charge is 0.347 e. The summed E-state index contributed by atoms with van der Waals surface area (Å²) >= 11 is 1.53. The van der Waals surface area contributed by atoms with Crippen molar-refractivity contribution < 1.29 is 4.79 Å². The quantitative estimate of drug-likeness (QED) is 0.901. The van der Waals surface area contributed by atoms with Gasteiger partial charge in [0.05, 0.1) is 12.2 Å². The number of nitrogens with one attached hydrogen (secondary N) is 1. The van der Waals surface area contributed by atoms with E-state index in [0.29, 0.717) is 6.54 Å². The summed E-state index contributed by atoms with van der Waals surface area (Å²) in [6.45, 7) is 7.71. The van der Waals surface area contributed by atoms with E-state index in [1.807, 2.05) is 19.1 Å². The number of carbonyl (C=O) groups excluding carboxylic acids is 1. The molecule has 0 saturated carbocycles. The van der Waals surface area contributed by atoms with Gasteiger partial charge >= 0.3 is 0 Å². The van der Waals surface area contributed by atoms with Crippen LogP contribution in [0.25, 0.3) is 0 Å². The van der Waals surface area contributed by atoms with Gasteiger partial charge in [-0.15, -0.1) is 11.3 Å². The van der Waals surface area contributed by atoms with E-state index in [9.17, 15) is 4.79 Å². The van der Waals surface area contributed by atoms with Gasteiger partial charge in [0.2, 0.25) is 0 Å². The van der Waals surface area contributed by atoms with Crippen LogP contribution in [-0.4, -0.2) is 28.9 Å². The van der Waals surface area contributed by atoms with Crippen LogP contribution in [0, 0.1) is 13.8 Å². The highest BCUT2D eigenvalue weighted by molar-refractivity contribution is 7.13. The van der Waals surface area contributed by atoms with E-state index < -0.39 is 0 Å². The molecule has 128 valence electrons. The minimum atomic E-state index is -0.0172. The third kappa shape index (κ3) is 4.42. The minimum absolute atomic E-state index is 0.0172. The predicted molar refractivity (Wildman–Crippen MR) is 98.3 cm³/mol. The number of amides is 1. The smallest absolute Gasteiger partial charge is 0.263 e. The molecule has 1 N–H and O–H groups in total. The highest BCUT2D eigenvalue weighted by Gasteiger charge is 2.18. The third-order valence-corrected chi connectivity index (χ3v) is 5.53. The maximum Gasteiger partial charge on any atom is 0.263 e. The van der Waals surface area contributed by atoms with E-state index in [0.717, 1.165) is 40.8 Å². The topological polar surface area (TPSA) is 45.2 Å². The summed E-state index contributed by atoms with van der Waals surface area (Å²) in [5.41, 5.74) is 3.17. The molecule has 1 aromatic heterocycles. The van der Waals surface area contributed by atoms with Gasteiger partial charge in [-0.05, 0) is 45.3 Å². The van der Waals surface area contributed by atoms with E-state index in [4.69, 9.17) is 0 Å². The average molecular weight is 343 g/mol. The van der Waals surface area contributed by atoms with Crippen LogP contribution in [-0.2, 0) is 13.1 Å². The zero-order valence-electron chi connectivity index (χ0n) is 14.5. The first kappa shape index (κ1) is 17.1. The van der Waals surface area contributed by atoms with Crippen LogP contribution in [0.3, 0.4) is 0 Å². The summed E-state index contributed by atoms with van der Waals surface area (Å²) < 4.78 is 0. The van der Waals surface area contributed by atoms with Crippen molar-refractivity contribution in [2.24, 2.45) is 0 Å². The standard InChI is InChI=1S/C19H25N3OS/c1-14-7-6-8-16(11-14)12-20-19(23)18-15(2)21-17(24-18)13-22-9-4-3-5-10-22/h6-8,11H,3-5,9-10,12-13H2,1-2H3,(H,20,23). The van der Waals surface area contributed by atoms with Crippen molar-refractivity contribution in [3.05, 3.63) is 51.0 Å². The Kier molecular flexibility index (Phi) is 5.63. The third-order valence-electron chi connectivity index (χ3n) is 4.39. The van der Waals surface area contributed by atoms with E-state index in [1.54, 1.807) is 0 Å². The van der Waals surface area contributed by atoms with E-state index >= 15 is 0 Å². The number of benzene rings is 1. The molecule has 2 aromatic rings. The average Bonchev–Trinajstić information content (AvgIpc) is 2.94. The first-order valence-electron chi connectivity index (χ1n) is 8.64. The Bertz CT molecular complexity index is 704. The second kappa shape index (κ2) is 7.90. The number of hydrogen-bond donors (Lipinski definition) is 1. The molecule has 2 heterocycles. The first-order chi connectivity index (χ1) is 11.6. The van der Waals surface area contributed by atoms with Crippen molar-refractivity contribution in [2.75, 3.05) is 13.1 Å². The highest BCUT2D eigenvalue weighted by atomic mass is 32.1. The fourth-order valence-corrected chi connectivity index (χ4v) is 4.15. The number of hydrogen-bond acceptors (Lipinski definition) is 4. The summed E-state index contributed by atoms with van der Waals surface area (Å²) in [6.07, 6.45) is 3.88. The van der Waals surface area contributed by atoms with Gasteiger partial charge in [-0.2, -0.15) is 0 Å². The van der Waals surface area contributed by atoms with Crippen molar-refractivity contribution in [1.29, 1.82) is 0 Å². The van der Waals surface area contributed by atoms with Crippen LogP contribution in [0.2, 0.25) is 0 Å². The maximum absolute atomic E-state index is 12.5. The van der Waals surface area contributed by atoms with Crippen LogP contribution in [0.5, 0.6) is 0 Å². The maximum atomic E-state index is 12.5. The molecule has 4 nitrogen and oxygen atoms in total. The lowest BCUT2D eigenvalue weighted by atomic mass is 10.1. The molecule has 1 aliphatic rings. The van der Waals surface area contributed by atoms with Crippen molar-refractivity contribution >= 4 is 17.2 Å². The second-order valence-corrected chi connectivity index (χ2v) is 7.61. The lowest BCUT2D eigenvalue weighted by Gasteiger charge is -2.25. The summed E-state index contributed by atoms with van der Waals surface area (Å²) in [5.74, 6) is -0.0172. The Balaban J connectivity index is 1.60. The Morgan fingerprint density at radius 2 is 2.04 bits per heavy atom. The molecule has 24 heavy (non-hydrogen) atoms. The molecule has 1 saturated heterocycles. The van der Waals surface area contributed by atoms with Gasteiger partial charge < -0.3 is 5.32 Å². The van der Waals surface area contributed by atoms with E-state index in [-0.39, 0.29) is 5.91 Å². The van der Waals surface area contributed by atoms with Gasteiger partial charge in [0.25, 0.3) is 5.91 Å². The Morgan fingerprint density at radius 1 is 1.25 bits per heavy atom. The molecule has 3 rings (SSSR count). The van der Waals surface area contributed by atoms with Crippen molar-refractivity contribution in [3.8, 4) is 0 Å². The molecule has 0 atom stereocenters. The summed E-state index contributed by atoms with van der Waals surface area (Å²) in [4.78, 5) is 20.3. The van der Waals surface area contributed by atoms with Crippen molar-refractivity contribution in [3.63, 3.8) is 0 Å². The molecule has 0 aliphatic carbocycles. The Labute approximate surface area is 147 Å². The minimum Gasteiger partial charge on any atom is -0.347 e. The number of rotatable bonds is 5. The van der Waals surface area contributed by atoms with Crippen LogP contribution in [0.4, 0.5) is 0 Å². The lowest BCUT2D eigenvalue weighted by molar-refractivity contribution is 0.0954. The molecule has 0 bridgehead atoms. The fraction of sp³-hybridized carbons (Fsp3) is 0.474. The van der Waals surface area contributed by atoms with E-state index in [2.05, 4.69) is 34.3 Å². The summed E-state index contributed by atoms with van der Waals surface area (Å²) in [6, 6.07) is 8.22. The zero-order valence-corrected chi connectivity index (χ0v) is 15.3. The normalized spacial score (nSPS) is 15.4. The lowest BCUT2D eigenvalue weighted by Crippen LogP contribution is -2.29. The molecule has 0 spiro atoms. The van der Waals surface area contributed by atoms with Crippen LogP contribution >= 0.6 is 11.3 Å². The number of aryl methyl sites for hydroxylation is 2. The monoisotopic (exact) mass is 343 g/mol. The van der Waals surface area contributed by atoms with Crippen LogP contribution < -0.4 is 5.32 Å². The molecule has 1 aromatic carbocycles. The van der Waals surface area contributed by atoms with Crippen molar-refractivity contribution in [1.82, 2.24) is 15.2 Å². The summed E-state index contributed by atoms with van der Waals surface area (Å²) in [7, 11) is 0. The highest BCUT2D eigenvalue weighted by Crippen LogP contribution is 2.21. The van der Waals surface area contributed by atoms with Gasteiger partial charge in [0.15, 0.2) is 0 Å².